The minimum atomic E-state index is 0.0470. The first kappa shape index (κ1) is 16.8. The van der Waals surface area contributed by atoms with Crippen molar-refractivity contribution in [2.75, 3.05) is 20.7 Å². The van der Waals surface area contributed by atoms with E-state index in [2.05, 4.69) is 0 Å². The highest BCUT2D eigenvalue weighted by Gasteiger charge is 2.10. The van der Waals surface area contributed by atoms with E-state index in [4.69, 9.17) is 22.1 Å². The van der Waals surface area contributed by atoms with Gasteiger partial charge in [0.2, 0.25) is 5.91 Å². The van der Waals surface area contributed by atoms with Gasteiger partial charge in [0, 0.05) is 25.2 Å². The summed E-state index contributed by atoms with van der Waals surface area (Å²) in [4.78, 5) is 13.1. The fourth-order valence-electron chi connectivity index (χ4n) is 1.75. The lowest BCUT2D eigenvalue weighted by atomic mass is 10.0. The van der Waals surface area contributed by atoms with Crippen molar-refractivity contribution in [1.82, 2.24) is 4.90 Å². The van der Waals surface area contributed by atoms with E-state index in [-0.39, 0.29) is 11.9 Å². The molecule has 1 unspecified atom stereocenters. The Kier molecular flexibility index (Phi) is 6.82. The minimum absolute atomic E-state index is 0.0470. The van der Waals surface area contributed by atoms with Gasteiger partial charge in [0.05, 0.1) is 13.0 Å². The predicted molar refractivity (Wildman–Crippen MR) is 82.2 cm³/mol. The molecule has 0 fully saturated rings. The third-order valence-electron chi connectivity index (χ3n) is 3.10. The number of amides is 1. The van der Waals surface area contributed by atoms with Crippen molar-refractivity contribution in [2.24, 2.45) is 5.73 Å². The molecule has 1 rings (SSSR count). The van der Waals surface area contributed by atoms with Crippen LogP contribution in [0.25, 0.3) is 0 Å². The van der Waals surface area contributed by atoms with Crippen LogP contribution in [0.15, 0.2) is 18.2 Å². The van der Waals surface area contributed by atoms with Gasteiger partial charge in [-0.25, -0.2) is 0 Å². The molecule has 20 heavy (non-hydrogen) atoms. The Balaban J connectivity index is 2.66. The third kappa shape index (κ3) is 5.39. The standard InChI is InChI=1S/C15H23ClN2O2/c1-4-13(17)10-11-9-12(16)5-6-14(11)20-8-7-15(19)18(2)3/h5-6,9,13H,4,7-8,10,17H2,1-3H3. The molecule has 0 heterocycles. The quantitative estimate of drug-likeness (QED) is 0.841. The highest BCUT2D eigenvalue weighted by atomic mass is 35.5. The van der Waals surface area contributed by atoms with E-state index >= 15 is 0 Å². The number of hydrogen-bond donors (Lipinski definition) is 1. The summed E-state index contributed by atoms with van der Waals surface area (Å²) in [7, 11) is 3.46. The van der Waals surface area contributed by atoms with Crippen molar-refractivity contribution >= 4 is 17.5 Å². The Bertz CT molecular complexity index is 449. The van der Waals surface area contributed by atoms with Gasteiger partial charge < -0.3 is 15.4 Å². The second-order valence-corrected chi connectivity index (χ2v) is 5.45. The van der Waals surface area contributed by atoms with Gasteiger partial charge in [-0.05, 0) is 36.6 Å². The van der Waals surface area contributed by atoms with E-state index in [9.17, 15) is 4.79 Å². The smallest absolute Gasteiger partial charge is 0.225 e. The molecule has 2 N–H and O–H groups in total. The molecule has 0 aliphatic carbocycles. The summed E-state index contributed by atoms with van der Waals surface area (Å²) < 4.78 is 5.70. The van der Waals surface area contributed by atoms with Crippen LogP contribution in [-0.4, -0.2) is 37.6 Å². The third-order valence-corrected chi connectivity index (χ3v) is 3.34. The Hall–Kier alpha value is -1.26. The van der Waals surface area contributed by atoms with Crippen LogP contribution in [0.2, 0.25) is 5.02 Å². The van der Waals surface area contributed by atoms with Gasteiger partial charge in [-0.1, -0.05) is 18.5 Å². The van der Waals surface area contributed by atoms with Crippen molar-refractivity contribution in [2.45, 2.75) is 32.2 Å². The van der Waals surface area contributed by atoms with Crippen molar-refractivity contribution in [3.05, 3.63) is 28.8 Å². The van der Waals surface area contributed by atoms with Gasteiger partial charge in [-0.3, -0.25) is 4.79 Å². The number of rotatable bonds is 7. The highest BCUT2D eigenvalue weighted by molar-refractivity contribution is 6.30. The van der Waals surface area contributed by atoms with Crippen LogP contribution >= 0.6 is 11.6 Å². The molecule has 0 aliphatic heterocycles. The molecule has 0 saturated heterocycles. The van der Waals surface area contributed by atoms with Gasteiger partial charge in [-0.2, -0.15) is 0 Å². The molecule has 112 valence electrons. The van der Waals surface area contributed by atoms with Crippen LogP contribution in [0.5, 0.6) is 5.75 Å². The average molecular weight is 299 g/mol. The Morgan fingerprint density at radius 1 is 1.45 bits per heavy atom. The maximum atomic E-state index is 11.5. The number of nitrogens with two attached hydrogens (primary N) is 1. The number of benzene rings is 1. The summed E-state index contributed by atoms with van der Waals surface area (Å²) >= 11 is 6.01. The summed E-state index contributed by atoms with van der Waals surface area (Å²) in [6, 6.07) is 5.57. The molecule has 5 heteroatoms. The summed E-state index contributed by atoms with van der Waals surface area (Å²) in [5, 5.41) is 0.667. The second-order valence-electron chi connectivity index (χ2n) is 5.01. The molecular formula is C15H23ClN2O2. The van der Waals surface area contributed by atoms with Gasteiger partial charge in [0.25, 0.3) is 0 Å². The maximum Gasteiger partial charge on any atom is 0.225 e. The number of hydrogen-bond acceptors (Lipinski definition) is 3. The number of nitrogens with zero attached hydrogens (tertiary/aromatic N) is 1. The van der Waals surface area contributed by atoms with Crippen molar-refractivity contribution in [3.8, 4) is 5.75 Å². The largest absolute Gasteiger partial charge is 0.493 e. The van der Waals surface area contributed by atoms with E-state index in [1.54, 1.807) is 25.1 Å². The number of carbonyl (C=O) groups excluding carboxylic acids is 1. The molecule has 1 atom stereocenters. The molecule has 0 radical (unpaired) electrons. The Morgan fingerprint density at radius 3 is 2.75 bits per heavy atom. The minimum Gasteiger partial charge on any atom is -0.493 e. The summed E-state index contributed by atoms with van der Waals surface area (Å²) in [5.41, 5.74) is 6.97. The van der Waals surface area contributed by atoms with Crippen LogP contribution in [0, 0.1) is 0 Å². The second kappa shape index (κ2) is 8.12. The zero-order valence-electron chi connectivity index (χ0n) is 12.4. The number of halogens is 1. The molecule has 1 amide bonds. The van der Waals surface area contributed by atoms with Crippen LogP contribution < -0.4 is 10.5 Å². The molecule has 0 saturated carbocycles. The van der Waals surface area contributed by atoms with E-state index in [0.717, 1.165) is 17.7 Å². The van der Waals surface area contributed by atoms with Crippen molar-refractivity contribution in [3.63, 3.8) is 0 Å². The average Bonchev–Trinajstić information content (AvgIpc) is 2.40. The monoisotopic (exact) mass is 298 g/mol. The predicted octanol–water partition coefficient (Wildman–Crippen LogP) is 2.48. The zero-order chi connectivity index (χ0) is 15.1. The number of ether oxygens (including phenoxy) is 1. The molecule has 0 spiro atoms. The van der Waals surface area contributed by atoms with E-state index in [0.29, 0.717) is 24.5 Å². The Labute approximate surface area is 125 Å². The molecule has 0 aliphatic rings. The van der Waals surface area contributed by atoms with Gasteiger partial charge >= 0.3 is 0 Å². The maximum absolute atomic E-state index is 11.5. The molecule has 1 aromatic rings. The first-order chi connectivity index (χ1) is 9.43. The van der Waals surface area contributed by atoms with E-state index in [1.165, 1.54) is 0 Å². The van der Waals surface area contributed by atoms with Crippen molar-refractivity contribution < 1.29 is 9.53 Å². The lowest BCUT2D eigenvalue weighted by Gasteiger charge is -2.15. The van der Waals surface area contributed by atoms with Gasteiger partial charge in [0.1, 0.15) is 5.75 Å². The lowest BCUT2D eigenvalue weighted by molar-refractivity contribution is -0.129. The fraction of sp³-hybridized carbons (Fsp3) is 0.533. The Morgan fingerprint density at radius 2 is 2.15 bits per heavy atom. The van der Waals surface area contributed by atoms with Crippen LogP contribution in [0.3, 0.4) is 0 Å². The van der Waals surface area contributed by atoms with Gasteiger partial charge in [-0.15, -0.1) is 0 Å². The molecular weight excluding hydrogens is 276 g/mol. The highest BCUT2D eigenvalue weighted by Crippen LogP contribution is 2.24. The summed E-state index contributed by atoms with van der Waals surface area (Å²) in [6.45, 7) is 2.40. The number of carbonyl (C=O) groups is 1. The summed E-state index contributed by atoms with van der Waals surface area (Å²) in [5.74, 6) is 0.802. The topological polar surface area (TPSA) is 55.6 Å². The van der Waals surface area contributed by atoms with E-state index in [1.807, 2.05) is 19.1 Å². The van der Waals surface area contributed by atoms with Gasteiger partial charge in [0.15, 0.2) is 0 Å². The summed E-state index contributed by atoms with van der Waals surface area (Å²) in [6.07, 6.45) is 1.97. The molecule has 4 nitrogen and oxygen atoms in total. The van der Waals surface area contributed by atoms with Crippen LogP contribution in [0.4, 0.5) is 0 Å². The molecule has 1 aromatic carbocycles. The fourth-order valence-corrected chi connectivity index (χ4v) is 1.94. The molecule has 0 aromatic heterocycles. The normalized spacial score (nSPS) is 12.1. The lowest BCUT2D eigenvalue weighted by Crippen LogP contribution is -2.24. The first-order valence-electron chi connectivity index (χ1n) is 6.81. The zero-order valence-corrected chi connectivity index (χ0v) is 13.1. The van der Waals surface area contributed by atoms with Crippen LogP contribution in [0.1, 0.15) is 25.3 Å². The van der Waals surface area contributed by atoms with E-state index < -0.39 is 0 Å². The van der Waals surface area contributed by atoms with Crippen molar-refractivity contribution in [1.29, 1.82) is 0 Å². The SMILES string of the molecule is CCC(N)Cc1cc(Cl)ccc1OCCC(=O)N(C)C. The first-order valence-corrected chi connectivity index (χ1v) is 7.18. The van der Waals surface area contributed by atoms with Crippen LogP contribution in [-0.2, 0) is 11.2 Å². The molecule has 0 bridgehead atoms.